The van der Waals surface area contributed by atoms with Crippen LogP contribution < -0.4 is 11.3 Å². The molecule has 0 aromatic rings. The quantitative estimate of drug-likeness (QED) is 0.489. The molecule has 2 nitrogen and oxygen atoms in total. The first-order chi connectivity index (χ1) is 6.44. The smallest absolute Gasteiger partial charge is 0.0261 e. The molecule has 0 aliphatic carbocycles. The van der Waals surface area contributed by atoms with Gasteiger partial charge in [0.1, 0.15) is 0 Å². The van der Waals surface area contributed by atoms with Gasteiger partial charge in [0.25, 0.3) is 0 Å². The van der Waals surface area contributed by atoms with Crippen LogP contribution >= 0.6 is 0 Å². The zero-order valence-corrected chi connectivity index (χ0v) is 10.6. The standard InChI is InChI=1S/C12H28N2/c1-6-12(4,5)11(14-13)9-7-8-10(2)3/h10-11,14H,6-9,13H2,1-5H3. The van der Waals surface area contributed by atoms with Crippen molar-refractivity contribution in [3.8, 4) is 0 Å². The van der Waals surface area contributed by atoms with Gasteiger partial charge in [0.2, 0.25) is 0 Å². The van der Waals surface area contributed by atoms with Crippen LogP contribution in [0.15, 0.2) is 0 Å². The molecule has 0 bridgehead atoms. The highest BCUT2D eigenvalue weighted by Gasteiger charge is 2.25. The summed E-state index contributed by atoms with van der Waals surface area (Å²) in [5.74, 6) is 6.41. The first kappa shape index (κ1) is 13.9. The summed E-state index contributed by atoms with van der Waals surface area (Å²) in [4.78, 5) is 0. The molecule has 14 heavy (non-hydrogen) atoms. The van der Waals surface area contributed by atoms with Crippen molar-refractivity contribution in [1.82, 2.24) is 5.43 Å². The minimum absolute atomic E-state index is 0.311. The molecule has 0 spiro atoms. The van der Waals surface area contributed by atoms with Crippen molar-refractivity contribution in [3.05, 3.63) is 0 Å². The first-order valence-electron chi connectivity index (χ1n) is 5.90. The van der Waals surface area contributed by atoms with Crippen LogP contribution in [-0.4, -0.2) is 6.04 Å². The van der Waals surface area contributed by atoms with Crippen molar-refractivity contribution in [3.63, 3.8) is 0 Å². The summed E-state index contributed by atoms with van der Waals surface area (Å²) in [5, 5.41) is 0. The molecule has 0 aliphatic rings. The van der Waals surface area contributed by atoms with Crippen molar-refractivity contribution in [2.75, 3.05) is 0 Å². The van der Waals surface area contributed by atoms with Crippen molar-refractivity contribution in [2.24, 2.45) is 17.2 Å². The Morgan fingerprint density at radius 3 is 2.14 bits per heavy atom. The number of nitrogens with one attached hydrogen (secondary N) is 1. The summed E-state index contributed by atoms with van der Waals surface area (Å²) >= 11 is 0. The summed E-state index contributed by atoms with van der Waals surface area (Å²) in [6.45, 7) is 11.3. The fourth-order valence-corrected chi connectivity index (χ4v) is 1.68. The lowest BCUT2D eigenvalue weighted by Gasteiger charge is -2.33. The van der Waals surface area contributed by atoms with Crippen molar-refractivity contribution >= 4 is 0 Å². The highest BCUT2D eigenvalue weighted by Crippen LogP contribution is 2.27. The Bertz CT molecular complexity index is 141. The van der Waals surface area contributed by atoms with Gasteiger partial charge >= 0.3 is 0 Å². The van der Waals surface area contributed by atoms with Gasteiger partial charge < -0.3 is 0 Å². The molecular weight excluding hydrogens is 172 g/mol. The van der Waals surface area contributed by atoms with Crippen LogP contribution in [0.25, 0.3) is 0 Å². The minimum atomic E-state index is 0.311. The summed E-state index contributed by atoms with van der Waals surface area (Å²) in [7, 11) is 0. The molecule has 1 unspecified atom stereocenters. The molecule has 0 amide bonds. The molecule has 0 radical (unpaired) electrons. The first-order valence-corrected chi connectivity index (χ1v) is 5.90. The minimum Gasteiger partial charge on any atom is -0.271 e. The topological polar surface area (TPSA) is 38.0 Å². The molecule has 0 heterocycles. The Kier molecular flexibility index (Phi) is 6.38. The summed E-state index contributed by atoms with van der Waals surface area (Å²) in [5.41, 5.74) is 3.28. The predicted octanol–water partition coefficient (Wildman–Crippen LogP) is 3.08. The average molecular weight is 200 g/mol. The van der Waals surface area contributed by atoms with E-state index in [1.165, 1.54) is 25.7 Å². The van der Waals surface area contributed by atoms with E-state index in [0.29, 0.717) is 11.5 Å². The number of hydrogen-bond donors (Lipinski definition) is 2. The Morgan fingerprint density at radius 2 is 1.79 bits per heavy atom. The molecule has 1 atom stereocenters. The maximum Gasteiger partial charge on any atom is 0.0261 e. The van der Waals surface area contributed by atoms with Crippen LogP contribution in [-0.2, 0) is 0 Å². The maximum atomic E-state index is 5.60. The van der Waals surface area contributed by atoms with Gasteiger partial charge in [0, 0.05) is 6.04 Å². The number of nitrogens with two attached hydrogens (primary N) is 1. The lowest BCUT2D eigenvalue weighted by Crippen LogP contribution is -2.45. The fourth-order valence-electron chi connectivity index (χ4n) is 1.68. The lowest BCUT2D eigenvalue weighted by molar-refractivity contribution is 0.215. The zero-order valence-electron chi connectivity index (χ0n) is 10.6. The highest BCUT2D eigenvalue weighted by molar-refractivity contribution is 4.81. The molecule has 0 rings (SSSR count). The molecule has 0 aromatic carbocycles. The monoisotopic (exact) mass is 200 g/mol. The van der Waals surface area contributed by atoms with E-state index in [-0.39, 0.29) is 0 Å². The molecular formula is C12H28N2. The van der Waals surface area contributed by atoms with E-state index in [2.05, 4.69) is 40.0 Å². The Hall–Kier alpha value is -0.0800. The van der Waals surface area contributed by atoms with Crippen LogP contribution in [0.3, 0.4) is 0 Å². The fraction of sp³-hybridized carbons (Fsp3) is 1.00. The molecule has 2 heteroatoms. The third kappa shape index (κ3) is 4.97. The van der Waals surface area contributed by atoms with Gasteiger partial charge in [-0.05, 0) is 24.2 Å². The van der Waals surface area contributed by atoms with Crippen LogP contribution in [0, 0.1) is 11.3 Å². The SMILES string of the molecule is CCC(C)(C)C(CCCC(C)C)NN. The van der Waals surface area contributed by atoms with E-state index in [1.807, 2.05) is 0 Å². The van der Waals surface area contributed by atoms with Gasteiger partial charge in [-0.1, -0.05) is 47.5 Å². The van der Waals surface area contributed by atoms with Gasteiger partial charge in [-0.25, -0.2) is 0 Å². The highest BCUT2D eigenvalue weighted by atomic mass is 15.2. The predicted molar refractivity (Wildman–Crippen MR) is 63.9 cm³/mol. The summed E-state index contributed by atoms with van der Waals surface area (Å²) in [6.07, 6.45) is 4.94. The number of hydrazine groups is 1. The van der Waals surface area contributed by atoms with Crippen LogP contribution in [0.1, 0.15) is 60.3 Å². The summed E-state index contributed by atoms with van der Waals surface area (Å²) < 4.78 is 0. The van der Waals surface area contributed by atoms with E-state index in [4.69, 9.17) is 5.84 Å². The number of hydrogen-bond acceptors (Lipinski definition) is 2. The van der Waals surface area contributed by atoms with Gasteiger partial charge in [0.05, 0.1) is 0 Å². The molecule has 0 fully saturated rings. The molecule has 3 N–H and O–H groups in total. The molecule has 86 valence electrons. The molecule has 0 saturated carbocycles. The average Bonchev–Trinajstić information content (AvgIpc) is 2.11. The third-order valence-corrected chi connectivity index (χ3v) is 3.33. The van der Waals surface area contributed by atoms with Gasteiger partial charge in [-0.15, -0.1) is 0 Å². The lowest BCUT2D eigenvalue weighted by atomic mass is 9.79. The largest absolute Gasteiger partial charge is 0.271 e. The van der Waals surface area contributed by atoms with Crippen molar-refractivity contribution < 1.29 is 0 Å². The van der Waals surface area contributed by atoms with Gasteiger partial charge in [-0.3, -0.25) is 11.3 Å². The number of rotatable bonds is 7. The second-order valence-corrected chi connectivity index (χ2v) is 5.39. The summed E-state index contributed by atoms with van der Waals surface area (Å²) in [6, 6.07) is 0.450. The normalized spacial score (nSPS) is 14.8. The Labute approximate surface area is 89.6 Å². The molecule has 0 aromatic heterocycles. The second-order valence-electron chi connectivity index (χ2n) is 5.39. The maximum absolute atomic E-state index is 5.60. The third-order valence-electron chi connectivity index (χ3n) is 3.33. The van der Waals surface area contributed by atoms with Gasteiger partial charge in [-0.2, -0.15) is 0 Å². The van der Waals surface area contributed by atoms with Crippen molar-refractivity contribution in [1.29, 1.82) is 0 Å². The molecule has 0 aliphatic heterocycles. The van der Waals surface area contributed by atoms with Gasteiger partial charge in [0.15, 0.2) is 0 Å². The van der Waals surface area contributed by atoms with E-state index in [0.717, 1.165) is 5.92 Å². The van der Waals surface area contributed by atoms with Crippen LogP contribution in [0.5, 0.6) is 0 Å². The van der Waals surface area contributed by atoms with Crippen LogP contribution in [0.2, 0.25) is 0 Å². The van der Waals surface area contributed by atoms with E-state index < -0.39 is 0 Å². The Morgan fingerprint density at radius 1 is 1.21 bits per heavy atom. The van der Waals surface area contributed by atoms with Crippen LogP contribution in [0.4, 0.5) is 0 Å². The van der Waals surface area contributed by atoms with E-state index in [1.54, 1.807) is 0 Å². The zero-order chi connectivity index (χ0) is 11.2. The molecule has 0 saturated heterocycles. The Balaban J connectivity index is 3.91. The van der Waals surface area contributed by atoms with E-state index >= 15 is 0 Å². The second kappa shape index (κ2) is 6.41. The van der Waals surface area contributed by atoms with E-state index in [9.17, 15) is 0 Å². The van der Waals surface area contributed by atoms with Crippen molar-refractivity contribution in [2.45, 2.75) is 66.3 Å².